The first-order chi connectivity index (χ1) is 12.0. The van der Waals surface area contributed by atoms with Gasteiger partial charge in [-0.3, -0.25) is 24.6 Å². The van der Waals surface area contributed by atoms with E-state index in [2.05, 4.69) is 5.32 Å². The second-order valence-corrected chi connectivity index (χ2v) is 7.48. The molecule has 1 aromatic rings. The van der Waals surface area contributed by atoms with Gasteiger partial charge in [0.15, 0.2) is 0 Å². The first-order valence-corrected chi connectivity index (χ1v) is 9.73. The molecule has 3 rings (SSSR count). The van der Waals surface area contributed by atoms with Crippen LogP contribution in [0, 0.1) is 11.8 Å². The maximum atomic E-state index is 13.0. The maximum absolute atomic E-state index is 13.0. The number of rotatable bonds is 6. The van der Waals surface area contributed by atoms with Crippen LogP contribution in [0.5, 0.6) is 0 Å². The van der Waals surface area contributed by atoms with Crippen molar-refractivity contribution in [2.45, 2.75) is 45.2 Å². The van der Waals surface area contributed by atoms with Gasteiger partial charge in [-0.05, 0) is 31.7 Å². The molecule has 2 aliphatic heterocycles. The van der Waals surface area contributed by atoms with Gasteiger partial charge in [0.2, 0.25) is 11.8 Å². The Labute approximate surface area is 151 Å². The lowest BCUT2D eigenvalue weighted by Gasteiger charge is -2.32. The van der Waals surface area contributed by atoms with Gasteiger partial charge in [-0.1, -0.05) is 19.4 Å². The first kappa shape index (κ1) is 18.1. The molecule has 136 valence electrons. The summed E-state index contributed by atoms with van der Waals surface area (Å²) in [6, 6.07) is 3.52. The Hall–Kier alpha value is -1.73. The number of amides is 2. The van der Waals surface area contributed by atoms with E-state index in [1.165, 1.54) is 16.2 Å². The molecule has 0 saturated carbocycles. The summed E-state index contributed by atoms with van der Waals surface area (Å²) in [5.41, 5.74) is -1.14. The number of hydrogen-bond acceptors (Lipinski definition) is 6. The number of carbonyl (C=O) groups excluding carboxylic acids is 3. The molecular weight excluding hydrogens is 340 g/mol. The smallest absolute Gasteiger partial charge is 0.327 e. The summed E-state index contributed by atoms with van der Waals surface area (Å²) in [6.45, 7) is 6.07. The van der Waals surface area contributed by atoms with Gasteiger partial charge in [0.05, 0.1) is 24.5 Å². The molecule has 0 bridgehead atoms. The van der Waals surface area contributed by atoms with Crippen LogP contribution < -0.4 is 5.32 Å². The van der Waals surface area contributed by atoms with Crippen molar-refractivity contribution in [3.8, 4) is 0 Å². The maximum Gasteiger partial charge on any atom is 0.327 e. The highest BCUT2D eigenvalue weighted by molar-refractivity contribution is 7.10. The molecule has 2 saturated heterocycles. The molecule has 6 nitrogen and oxygen atoms in total. The Balaban J connectivity index is 2.11. The molecule has 1 N–H and O–H groups in total. The highest BCUT2D eigenvalue weighted by Gasteiger charge is 2.68. The van der Waals surface area contributed by atoms with E-state index < -0.39 is 23.3 Å². The van der Waals surface area contributed by atoms with Crippen LogP contribution in [0.25, 0.3) is 0 Å². The summed E-state index contributed by atoms with van der Waals surface area (Å²) in [4.78, 5) is 41.1. The predicted molar refractivity (Wildman–Crippen MR) is 93.8 cm³/mol. The third kappa shape index (κ3) is 2.60. The molecule has 25 heavy (non-hydrogen) atoms. The molecule has 2 aliphatic rings. The highest BCUT2D eigenvalue weighted by Crippen LogP contribution is 2.51. The first-order valence-electron chi connectivity index (χ1n) is 8.85. The average Bonchev–Trinajstić information content (AvgIpc) is 3.26. The van der Waals surface area contributed by atoms with Crippen molar-refractivity contribution in [3.05, 3.63) is 22.4 Å². The van der Waals surface area contributed by atoms with Gasteiger partial charge < -0.3 is 4.74 Å². The molecule has 2 fully saturated rings. The number of nitrogens with zero attached hydrogens (tertiary/aromatic N) is 1. The van der Waals surface area contributed by atoms with E-state index >= 15 is 0 Å². The summed E-state index contributed by atoms with van der Waals surface area (Å²) < 4.78 is 5.33. The van der Waals surface area contributed by atoms with E-state index in [-0.39, 0.29) is 24.5 Å². The van der Waals surface area contributed by atoms with Crippen molar-refractivity contribution in [1.29, 1.82) is 0 Å². The van der Waals surface area contributed by atoms with Gasteiger partial charge in [0.25, 0.3) is 0 Å². The fourth-order valence-electron chi connectivity index (χ4n) is 4.26. The van der Waals surface area contributed by atoms with Gasteiger partial charge in [-0.25, -0.2) is 0 Å². The monoisotopic (exact) mass is 364 g/mol. The topological polar surface area (TPSA) is 75.7 Å². The summed E-state index contributed by atoms with van der Waals surface area (Å²) in [6.07, 6.45) is 1.17. The van der Waals surface area contributed by atoms with Crippen LogP contribution >= 0.6 is 11.3 Å². The number of imide groups is 1. The van der Waals surface area contributed by atoms with Crippen LogP contribution in [0.3, 0.4) is 0 Å². The fraction of sp³-hybridized carbons (Fsp3) is 0.611. The number of fused-ring (bicyclic) bond motifs is 1. The highest BCUT2D eigenvalue weighted by atomic mass is 32.1. The molecular formula is C18H24N2O4S. The van der Waals surface area contributed by atoms with Gasteiger partial charge in [0, 0.05) is 11.4 Å². The molecule has 4 atom stereocenters. The van der Waals surface area contributed by atoms with Crippen LogP contribution in [-0.4, -0.2) is 41.4 Å². The summed E-state index contributed by atoms with van der Waals surface area (Å²) in [7, 11) is 0. The number of ether oxygens (including phenoxy) is 1. The molecule has 7 heteroatoms. The van der Waals surface area contributed by atoms with E-state index in [9.17, 15) is 14.4 Å². The minimum Gasteiger partial charge on any atom is -0.465 e. The Morgan fingerprint density at radius 2 is 2.08 bits per heavy atom. The molecule has 3 heterocycles. The lowest BCUT2D eigenvalue weighted by atomic mass is 9.77. The second kappa shape index (κ2) is 6.88. The molecule has 0 radical (unpaired) electrons. The number of likely N-dealkylation sites (tertiary alicyclic amines) is 1. The van der Waals surface area contributed by atoms with E-state index in [1.807, 2.05) is 24.4 Å². The molecule has 2 amide bonds. The van der Waals surface area contributed by atoms with Crippen LogP contribution in [0.1, 0.15) is 44.5 Å². The quantitative estimate of drug-likeness (QED) is 0.618. The minimum atomic E-state index is -1.14. The van der Waals surface area contributed by atoms with E-state index in [4.69, 9.17) is 4.74 Å². The van der Waals surface area contributed by atoms with Crippen LogP contribution in [0.2, 0.25) is 0 Å². The zero-order valence-corrected chi connectivity index (χ0v) is 15.6. The Morgan fingerprint density at radius 3 is 2.64 bits per heavy atom. The Morgan fingerprint density at radius 1 is 1.32 bits per heavy atom. The van der Waals surface area contributed by atoms with Crippen LogP contribution in [0.15, 0.2) is 17.5 Å². The van der Waals surface area contributed by atoms with Crippen molar-refractivity contribution in [3.63, 3.8) is 0 Å². The lowest BCUT2D eigenvalue weighted by molar-refractivity contribution is -0.156. The number of nitrogens with one attached hydrogen (secondary N) is 1. The average molecular weight is 364 g/mol. The summed E-state index contributed by atoms with van der Waals surface area (Å²) >= 11 is 1.53. The third-order valence-electron chi connectivity index (χ3n) is 5.20. The van der Waals surface area contributed by atoms with Crippen LogP contribution in [0.4, 0.5) is 0 Å². The van der Waals surface area contributed by atoms with Crippen molar-refractivity contribution < 1.29 is 19.1 Å². The lowest BCUT2D eigenvalue weighted by Crippen LogP contribution is -2.56. The van der Waals surface area contributed by atoms with Crippen LogP contribution in [-0.2, 0) is 19.1 Å². The predicted octanol–water partition coefficient (Wildman–Crippen LogP) is 2.12. The zero-order valence-electron chi connectivity index (χ0n) is 14.8. The van der Waals surface area contributed by atoms with Crippen molar-refractivity contribution in [2.75, 3.05) is 13.2 Å². The standard InChI is InChI=1S/C18H24N2O4S/c1-4-9-18(17(23)24-6-3)13-12(15(21)20(5-2)16(13)22)14(19-18)11-8-7-10-25-11/h7-8,10,12-14,19H,4-6,9H2,1-3H3/t12-,13+,14-,18+/m0/s1. The van der Waals surface area contributed by atoms with E-state index in [0.717, 1.165) is 4.88 Å². The Bertz CT molecular complexity index is 675. The number of carbonyl (C=O) groups is 3. The minimum absolute atomic E-state index is 0.189. The third-order valence-corrected chi connectivity index (χ3v) is 6.15. The molecule has 0 spiro atoms. The molecule has 0 aromatic carbocycles. The van der Waals surface area contributed by atoms with Gasteiger partial charge in [-0.2, -0.15) is 0 Å². The van der Waals surface area contributed by atoms with Gasteiger partial charge in [-0.15, -0.1) is 11.3 Å². The van der Waals surface area contributed by atoms with Gasteiger partial charge in [0.1, 0.15) is 5.54 Å². The zero-order chi connectivity index (χ0) is 18.2. The number of hydrogen-bond donors (Lipinski definition) is 1. The number of thiophene rings is 1. The van der Waals surface area contributed by atoms with E-state index in [1.54, 1.807) is 13.8 Å². The molecule has 0 unspecified atom stereocenters. The Kier molecular flexibility index (Phi) is 4.97. The largest absolute Gasteiger partial charge is 0.465 e. The number of esters is 1. The van der Waals surface area contributed by atoms with Gasteiger partial charge >= 0.3 is 5.97 Å². The van der Waals surface area contributed by atoms with Crippen molar-refractivity contribution in [1.82, 2.24) is 10.2 Å². The van der Waals surface area contributed by atoms with Crippen molar-refractivity contribution >= 4 is 29.1 Å². The van der Waals surface area contributed by atoms with Crippen molar-refractivity contribution in [2.24, 2.45) is 11.8 Å². The normalized spacial score (nSPS) is 31.5. The SMILES string of the molecule is CCC[C@@]1(C(=O)OCC)N[C@@H](c2cccs2)[C@H]2C(=O)N(CC)C(=O)[C@@H]21. The van der Waals surface area contributed by atoms with E-state index in [0.29, 0.717) is 19.4 Å². The summed E-state index contributed by atoms with van der Waals surface area (Å²) in [5.74, 6) is -2.13. The molecule has 1 aromatic heterocycles. The molecule has 0 aliphatic carbocycles. The second-order valence-electron chi connectivity index (χ2n) is 6.50. The summed E-state index contributed by atoms with van der Waals surface area (Å²) in [5, 5.41) is 5.31. The fourth-order valence-corrected chi connectivity index (χ4v) is 5.08.